The minimum Gasteiger partial charge on any atom is -0.371 e. The van der Waals surface area contributed by atoms with Gasteiger partial charge >= 0.3 is 0 Å². The van der Waals surface area contributed by atoms with Crippen molar-refractivity contribution < 1.29 is 8.95 Å². The van der Waals surface area contributed by atoms with E-state index < -0.39 is 10.8 Å². The molecule has 2 unspecified atom stereocenters. The van der Waals surface area contributed by atoms with Crippen molar-refractivity contribution in [1.29, 1.82) is 0 Å². The maximum Gasteiger partial charge on any atom is 0.0710 e. The highest BCUT2D eigenvalue weighted by molar-refractivity contribution is 7.86. The Hall–Kier alpha value is 0.0700. The molecule has 2 fully saturated rings. The molecular weight excluding hydrogens is 246 g/mol. The third-order valence-corrected chi connectivity index (χ3v) is 6.25. The van der Waals surface area contributed by atoms with Gasteiger partial charge in [-0.2, -0.15) is 0 Å². The molecule has 3 nitrogen and oxygen atoms in total. The van der Waals surface area contributed by atoms with E-state index in [1.165, 1.54) is 0 Å². The molecule has 106 valence electrons. The highest BCUT2D eigenvalue weighted by Crippen LogP contribution is 2.30. The zero-order chi connectivity index (χ0) is 13.4. The smallest absolute Gasteiger partial charge is 0.0710 e. The lowest BCUT2D eigenvalue weighted by molar-refractivity contribution is -0.0280. The van der Waals surface area contributed by atoms with Crippen LogP contribution in [-0.2, 0) is 15.5 Å². The SMILES string of the molecule is CC1(C)CCC(CN2CCS(=O)C(C)(C)CC2)O1. The van der Waals surface area contributed by atoms with Crippen LogP contribution in [0.25, 0.3) is 0 Å². The Morgan fingerprint density at radius 2 is 1.94 bits per heavy atom. The van der Waals surface area contributed by atoms with Gasteiger partial charge < -0.3 is 4.74 Å². The molecule has 2 saturated heterocycles. The van der Waals surface area contributed by atoms with Crippen molar-refractivity contribution in [3.05, 3.63) is 0 Å². The van der Waals surface area contributed by atoms with Gasteiger partial charge in [0.05, 0.1) is 11.7 Å². The quantitative estimate of drug-likeness (QED) is 0.772. The first kappa shape index (κ1) is 14.5. The third-order valence-electron chi connectivity index (χ3n) is 4.26. The maximum absolute atomic E-state index is 12.1. The first-order valence-corrected chi connectivity index (χ1v) is 8.39. The summed E-state index contributed by atoms with van der Waals surface area (Å²) in [5.74, 6) is 0.809. The lowest BCUT2D eigenvalue weighted by atomic mass is 10.1. The van der Waals surface area contributed by atoms with Crippen molar-refractivity contribution in [2.75, 3.05) is 25.4 Å². The number of ether oxygens (including phenoxy) is 1. The summed E-state index contributed by atoms with van der Waals surface area (Å²) in [7, 11) is -0.689. The van der Waals surface area contributed by atoms with E-state index in [-0.39, 0.29) is 10.3 Å². The summed E-state index contributed by atoms with van der Waals surface area (Å²) in [6.45, 7) is 11.6. The van der Waals surface area contributed by atoms with Crippen LogP contribution in [0.1, 0.15) is 47.0 Å². The summed E-state index contributed by atoms with van der Waals surface area (Å²) in [6, 6.07) is 0. The predicted octanol–water partition coefficient (Wildman–Crippen LogP) is 2.18. The molecule has 2 aliphatic rings. The van der Waals surface area contributed by atoms with E-state index in [9.17, 15) is 4.21 Å². The van der Waals surface area contributed by atoms with Crippen LogP contribution in [0.3, 0.4) is 0 Å². The van der Waals surface area contributed by atoms with E-state index in [1.54, 1.807) is 0 Å². The molecule has 0 bridgehead atoms. The predicted molar refractivity (Wildman–Crippen MR) is 76.3 cm³/mol. The zero-order valence-electron chi connectivity index (χ0n) is 12.2. The molecule has 0 aromatic rings. The molecule has 0 N–H and O–H groups in total. The van der Waals surface area contributed by atoms with Crippen LogP contribution in [0.15, 0.2) is 0 Å². The van der Waals surface area contributed by atoms with Crippen LogP contribution in [0.2, 0.25) is 0 Å². The average molecular weight is 273 g/mol. The Morgan fingerprint density at radius 3 is 2.56 bits per heavy atom. The molecule has 0 radical (unpaired) electrons. The number of hydrogen-bond acceptors (Lipinski definition) is 3. The van der Waals surface area contributed by atoms with E-state index in [0.717, 1.165) is 44.6 Å². The van der Waals surface area contributed by atoms with Gasteiger partial charge in [-0.15, -0.1) is 0 Å². The fourth-order valence-electron chi connectivity index (χ4n) is 2.82. The highest BCUT2D eigenvalue weighted by Gasteiger charge is 2.34. The minimum atomic E-state index is -0.689. The lowest BCUT2D eigenvalue weighted by Crippen LogP contribution is -2.35. The van der Waals surface area contributed by atoms with Gasteiger partial charge in [0, 0.05) is 34.4 Å². The monoisotopic (exact) mass is 273 g/mol. The molecule has 0 saturated carbocycles. The first-order valence-electron chi connectivity index (χ1n) is 7.07. The average Bonchev–Trinajstić information content (AvgIpc) is 2.55. The standard InChI is InChI=1S/C14H27NO2S/c1-13(2)6-5-12(17-13)11-15-8-7-14(3,4)18(16)10-9-15/h12H,5-11H2,1-4H3. The molecule has 4 heteroatoms. The second kappa shape index (κ2) is 5.22. The molecule has 0 spiro atoms. The van der Waals surface area contributed by atoms with Crippen LogP contribution < -0.4 is 0 Å². The normalized spacial score (nSPS) is 36.4. The second-order valence-corrected chi connectivity index (χ2v) is 9.10. The topological polar surface area (TPSA) is 29.5 Å². The van der Waals surface area contributed by atoms with Crippen LogP contribution in [0.5, 0.6) is 0 Å². The summed E-state index contributed by atoms with van der Waals surface area (Å²) in [4.78, 5) is 2.44. The maximum atomic E-state index is 12.1. The molecule has 0 aromatic carbocycles. The van der Waals surface area contributed by atoms with E-state index in [4.69, 9.17) is 4.74 Å². The van der Waals surface area contributed by atoms with Crippen molar-refractivity contribution in [3.63, 3.8) is 0 Å². The Morgan fingerprint density at radius 1 is 1.22 bits per heavy atom. The molecule has 0 aliphatic carbocycles. The fraction of sp³-hybridized carbons (Fsp3) is 1.00. The van der Waals surface area contributed by atoms with E-state index in [0.29, 0.717) is 6.10 Å². The van der Waals surface area contributed by atoms with Crippen LogP contribution in [-0.4, -0.2) is 50.9 Å². The zero-order valence-corrected chi connectivity index (χ0v) is 13.0. The first-order chi connectivity index (χ1) is 8.28. The number of hydrogen-bond donors (Lipinski definition) is 0. The number of rotatable bonds is 2. The molecule has 2 heterocycles. The Balaban J connectivity index is 1.86. The van der Waals surface area contributed by atoms with Gasteiger partial charge in [-0.05, 0) is 53.5 Å². The van der Waals surface area contributed by atoms with Crippen LogP contribution in [0, 0.1) is 0 Å². The van der Waals surface area contributed by atoms with Gasteiger partial charge in [0.25, 0.3) is 0 Å². The summed E-state index contributed by atoms with van der Waals surface area (Å²) >= 11 is 0. The summed E-state index contributed by atoms with van der Waals surface area (Å²) in [6.07, 6.45) is 3.71. The Labute approximate surface area is 114 Å². The fourth-order valence-corrected chi connectivity index (χ4v) is 4.11. The van der Waals surface area contributed by atoms with E-state index >= 15 is 0 Å². The van der Waals surface area contributed by atoms with Crippen LogP contribution >= 0.6 is 0 Å². The Kier molecular flexibility index (Phi) is 4.20. The summed E-state index contributed by atoms with van der Waals surface area (Å²) in [5.41, 5.74) is 0.0542. The molecule has 0 aromatic heterocycles. The molecule has 18 heavy (non-hydrogen) atoms. The molecule has 2 rings (SSSR count). The van der Waals surface area contributed by atoms with Gasteiger partial charge in [-0.3, -0.25) is 9.11 Å². The second-order valence-electron chi connectivity index (χ2n) is 6.90. The van der Waals surface area contributed by atoms with Gasteiger partial charge in [0.2, 0.25) is 0 Å². The van der Waals surface area contributed by atoms with Crippen molar-refractivity contribution in [1.82, 2.24) is 4.90 Å². The van der Waals surface area contributed by atoms with Gasteiger partial charge in [0.1, 0.15) is 0 Å². The molecule has 2 atom stereocenters. The third kappa shape index (κ3) is 3.55. The summed E-state index contributed by atoms with van der Waals surface area (Å²) < 4.78 is 18.1. The van der Waals surface area contributed by atoms with Crippen LogP contribution in [0.4, 0.5) is 0 Å². The van der Waals surface area contributed by atoms with E-state index in [1.807, 2.05) is 0 Å². The summed E-state index contributed by atoms with van der Waals surface area (Å²) in [5, 5.41) is 0. The van der Waals surface area contributed by atoms with Crippen molar-refractivity contribution in [2.24, 2.45) is 0 Å². The van der Waals surface area contributed by atoms with Gasteiger partial charge in [0.15, 0.2) is 0 Å². The van der Waals surface area contributed by atoms with Crippen molar-refractivity contribution in [2.45, 2.75) is 63.4 Å². The Bertz CT molecular complexity index is 328. The number of nitrogens with zero attached hydrogens (tertiary/aromatic N) is 1. The van der Waals surface area contributed by atoms with Crippen molar-refractivity contribution >= 4 is 10.8 Å². The molecule has 2 aliphatic heterocycles. The molecular formula is C14H27NO2S. The molecule has 0 amide bonds. The highest BCUT2D eigenvalue weighted by atomic mass is 32.2. The van der Waals surface area contributed by atoms with Crippen molar-refractivity contribution in [3.8, 4) is 0 Å². The lowest BCUT2D eigenvalue weighted by Gasteiger charge is -2.26. The largest absolute Gasteiger partial charge is 0.371 e. The van der Waals surface area contributed by atoms with E-state index in [2.05, 4.69) is 32.6 Å². The van der Waals surface area contributed by atoms with Gasteiger partial charge in [-0.25, -0.2) is 0 Å². The van der Waals surface area contributed by atoms with Gasteiger partial charge in [-0.1, -0.05) is 0 Å². The minimum absolute atomic E-state index is 0.0233.